The van der Waals surface area contributed by atoms with Crippen molar-refractivity contribution in [2.45, 2.75) is 43.4 Å². The monoisotopic (exact) mass is 517 g/mol. The van der Waals surface area contributed by atoms with Gasteiger partial charge < -0.3 is 43.2 Å². The zero-order valence-electron chi connectivity index (χ0n) is 18.3. The van der Waals surface area contributed by atoms with Gasteiger partial charge in [-0.1, -0.05) is 0 Å². The number of hydrogen-bond acceptors (Lipinski definition) is 9. The number of carboxylic acids is 1. The first-order valence-electron chi connectivity index (χ1n) is 10.2. The molecule has 11 N–H and O–H groups in total. The van der Waals surface area contributed by atoms with E-state index >= 15 is 0 Å². The molecular weight excluding hydrogens is 486 g/mol. The Morgan fingerprint density at radius 3 is 2.18 bits per heavy atom. The van der Waals surface area contributed by atoms with Crippen LogP contribution in [0.15, 0.2) is 17.5 Å². The molecule has 0 aliphatic heterocycles. The lowest BCUT2D eigenvalue weighted by Gasteiger charge is -2.24. The topological polar surface area (TPSA) is 244 Å². The van der Waals surface area contributed by atoms with Crippen molar-refractivity contribution in [2.75, 3.05) is 18.1 Å². The van der Waals surface area contributed by atoms with Gasteiger partial charge in [-0.15, -0.1) is 0 Å². The van der Waals surface area contributed by atoms with Crippen LogP contribution >= 0.6 is 25.3 Å². The summed E-state index contributed by atoms with van der Waals surface area (Å²) in [5.41, 5.74) is 16.8. The fourth-order valence-electron chi connectivity index (χ4n) is 2.69. The quantitative estimate of drug-likeness (QED) is 0.0484. The summed E-state index contributed by atoms with van der Waals surface area (Å²) in [4.78, 5) is 59.9. The largest absolute Gasteiger partial charge is 0.480 e. The number of imidazole rings is 1. The maximum Gasteiger partial charge on any atom is 0.327 e. The molecular formula is C18H31N9O5S2. The molecule has 34 heavy (non-hydrogen) atoms. The molecule has 1 heterocycles. The third-order valence-corrected chi connectivity index (χ3v) is 5.28. The second kappa shape index (κ2) is 15.0. The molecule has 0 radical (unpaired) electrons. The summed E-state index contributed by atoms with van der Waals surface area (Å²) < 4.78 is 0. The summed E-state index contributed by atoms with van der Waals surface area (Å²) >= 11 is 7.90. The van der Waals surface area contributed by atoms with Crippen LogP contribution in [0.4, 0.5) is 0 Å². The van der Waals surface area contributed by atoms with Crippen molar-refractivity contribution in [1.29, 1.82) is 0 Å². The Morgan fingerprint density at radius 1 is 1.03 bits per heavy atom. The zero-order chi connectivity index (χ0) is 25.7. The minimum atomic E-state index is -1.28. The molecule has 0 saturated heterocycles. The van der Waals surface area contributed by atoms with Gasteiger partial charge in [0, 0.05) is 36.4 Å². The third kappa shape index (κ3) is 10.3. The van der Waals surface area contributed by atoms with Gasteiger partial charge in [0.05, 0.1) is 12.4 Å². The molecule has 3 amide bonds. The lowest BCUT2D eigenvalue weighted by Crippen LogP contribution is -2.58. The molecule has 190 valence electrons. The van der Waals surface area contributed by atoms with E-state index in [0.29, 0.717) is 12.1 Å². The highest BCUT2D eigenvalue weighted by Crippen LogP contribution is 2.05. The van der Waals surface area contributed by atoms with Crippen LogP contribution in [-0.2, 0) is 25.6 Å². The second-order valence-corrected chi connectivity index (χ2v) is 7.95. The van der Waals surface area contributed by atoms with Crippen molar-refractivity contribution in [3.8, 4) is 0 Å². The molecule has 0 spiro atoms. The minimum Gasteiger partial charge on any atom is -0.480 e. The van der Waals surface area contributed by atoms with Gasteiger partial charge in [-0.05, 0) is 12.8 Å². The van der Waals surface area contributed by atoms with Crippen LogP contribution in [0.2, 0.25) is 0 Å². The second-order valence-electron chi connectivity index (χ2n) is 7.22. The van der Waals surface area contributed by atoms with Crippen molar-refractivity contribution < 1.29 is 24.3 Å². The standard InChI is InChI=1S/C18H31N9O5S2/c19-10(6-33)14(28)26-12(4-9-5-22-8-24-9)16(30)25-11(2-1-3-23-18(20)21)15(29)27-13(7-34)17(31)32/h5,8,10-13,33-34H,1-4,6-7,19H2,(H,22,24)(H,25,30)(H,26,28)(H,27,29)(H,31,32)(H4,20,21,23). The Hall–Kier alpha value is -2.98. The van der Waals surface area contributed by atoms with Crippen molar-refractivity contribution in [2.24, 2.45) is 22.2 Å². The number of nitrogens with zero attached hydrogens (tertiary/aromatic N) is 2. The number of guanidine groups is 1. The Balaban J connectivity index is 3.03. The average Bonchev–Trinajstić information content (AvgIpc) is 3.30. The van der Waals surface area contributed by atoms with Crippen LogP contribution in [0.1, 0.15) is 18.5 Å². The van der Waals surface area contributed by atoms with Crippen LogP contribution in [0.3, 0.4) is 0 Å². The predicted octanol–water partition coefficient (Wildman–Crippen LogP) is -3.27. The number of aromatic nitrogens is 2. The summed E-state index contributed by atoms with van der Waals surface area (Å²) in [5.74, 6) is -3.54. The van der Waals surface area contributed by atoms with Crippen LogP contribution < -0.4 is 33.2 Å². The molecule has 0 fully saturated rings. The Morgan fingerprint density at radius 2 is 1.65 bits per heavy atom. The Kier molecular flexibility index (Phi) is 12.8. The molecule has 0 aliphatic rings. The van der Waals surface area contributed by atoms with Crippen LogP contribution in [0, 0.1) is 0 Å². The number of aliphatic carboxylic acids is 1. The van der Waals surface area contributed by atoms with Gasteiger partial charge in [0.1, 0.15) is 18.1 Å². The summed E-state index contributed by atoms with van der Waals surface area (Å²) in [6, 6.07) is -4.46. The van der Waals surface area contributed by atoms with E-state index in [1.165, 1.54) is 12.5 Å². The molecule has 1 aromatic rings. The number of carbonyl (C=O) groups excluding carboxylic acids is 3. The summed E-state index contributed by atoms with van der Waals surface area (Å²) in [5, 5.41) is 16.6. The van der Waals surface area contributed by atoms with E-state index in [9.17, 15) is 24.3 Å². The third-order valence-electron chi connectivity index (χ3n) is 4.52. The van der Waals surface area contributed by atoms with E-state index in [1.54, 1.807) is 0 Å². The van der Waals surface area contributed by atoms with Gasteiger partial charge in [0.25, 0.3) is 0 Å². The number of nitrogens with two attached hydrogens (primary N) is 3. The minimum absolute atomic E-state index is 0.0353. The average molecular weight is 518 g/mol. The molecule has 0 bridgehead atoms. The molecule has 0 aromatic carbocycles. The first kappa shape index (κ1) is 29.1. The number of rotatable bonds is 15. The number of carbonyl (C=O) groups is 4. The fourth-order valence-corrected chi connectivity index (χ4v) is 3.10. The van der Waals surface area contributed by atoms with Gasteiger partial charge in [-0.3, -0.25) is 19.4 Å². The van der Waals surface area contributed by atoms with Crippen LogP contribution in [0.5, 0.6) is 0 Å². The van der Waals surface area contributed by atoms with Gasteiger partial charge in [-0.25, -0.2) is 9.78 Å². The van der Waals surface area contributed by atoms with E-state index in [0.717, 1.165) is 0 Å². The SMILES string of the molecule is NC(N)=NCCCC(NC(=O)C(Cc1cnc[nH]1)NC(=O)C(N)CS)C(=O)NC(CS)C(=O)O. The number of hydrogen-bond donors (Lipinski definition) is 10. The molecule has 0 saturated carbocycles. The molecule has 4 atom stereocenters. The highest BCUT2D eigenvalue weighted by atomic mass is 32.1. The van der Waals surface area contributed by atoms with Crippen LogP contribution in [-0.4, -0.2) is 86.9 Å². The molecule has 1 rings (SSSR count). The van der Waals surface area contributed by atoms with Gasteiger partial charge in [0.15, 0.2) is 5.96 Å². The smallest absolute Gasteiger partial charge is 0.327 e. The highest BCUT2D eigenvalue weighted by Gasteiger charge is 2.30. The van der Waals surface area contributed by atoms with E-state index in [-0.39, 0.29) is 36.9 Å². The number of amides is 3. The van der Waals surface area contributed by atoms with E-state index in [2.05, 4.69) is 56.2 Å². The number of aliphatic imine (C=N–C) groups is 1. The zero-order valence-corrected chi connectivity index (χ0v) is 20.1. The van der Waals surface area contributed by atoms with Crippen molar-refractivity contribution in [3.63, 3.8) is 0 Å². The predicted molar refractivity (Wildman–Crippen MR) is 131 cm³/mol. The number of thiol groups is 2. The lowest BCUT2D eigenvalue weighted by atomic mass is 10.1. The number of carboxylic acid groups (broad SMARTS) is 1. The number of nitrogens with one attached hydrogen (secondary N) is 4. The number of H-pyrrole nitrogens is 1. The van der Waals surface area contributed by atoms with Crippen molar-refractivity contribution >= 4 is 54.9 Å². The first-order valence-corrected chi connectivity index (χ1v) is 11.5. The molecule has 0 aliphatic carbocycles. The van der Waals surface area contributed by atoms with E-state index in [4.69, 9.17) is 17.2 Å². The van der Waals surface area contributed by atoms with Crippen LogP contribution in [0.25, 0.3) is 0 Å². The normalized spacial score (nSPS) is 14.2. The fraction of sp³-hybridized carbons (Fsp3) is 0.556. The summed E-state index contributed by atoms with van der Waals surface area (Å²) in [6.07, 6.45) is 3.32. The lowest BCUT2D eigenvalue weighted by molar-refractivity contribution is -0.141. The summed E-state index contributed by atoms with van der Waals surface area (Å²) in [6.45, 7) is 0.183. The van der Waals surface area contributed by atoms with Crippen molar-refractivity contribution in [1.82, 2.24) is 25.9 Å². The highest BCUT2D eigenvalue weighted by molar-refractivity contribution is 7.80. The molecule has 4 unspecified atom stereocenters. The van der Waals surface area contributed by atoms with Gasteiger partial charge in [0.2, 0.25) is 17.7 Å². The van der Waals surface area contributed by atoms with E-state index in [1.807, 2.05) is 0 Å². The van der Waals surface area contributed by atoms with Gasteiger partial charge in [-0.2, -0.15) is 25.3 Å². The summed E-state index contributed by atoms with van der Waals surface area (Å²) in [7, 11) is 0. The maximum absolute atomic E-state index is 13.1. The first-order chi connectivity index (χ1) is 16.1. The maximum atomic E-state index is 13.1. The van der Waals surface area contributed by atoms with Crippen molar-refractivity contribution in [3.05, 3.63) is 18.2 Å². The Bertz CT molecular complexity index is 849. The van der Waals surface area contributed by atoms with E-state index < -0.39 is 47.9 Å². The Labute approximate surface area is 207 Å². The molecule has 16 heteroatoms. The molecule has 14 nitrogen and oxygen atoms in total. The van der Waals surface area contributed by atoms with Gasteiger partial charge >= 0.3 is 5.97 Å². The number of aromatic amines is 1. The molecule has 1 aromatic heterocycles.